The van der Waals surface area contributed by atoms with Gasteiger partial charge in [0.15, 0.2) is 5.11 Å². The molecule has 0 spiro atoms. The third kappa shape index (κ3) is 4.76. The van der Waals surface area contributed by atoms with Crippen LogP contribution < -0.4 is 20.4 Å². The maximum atomic E-state index is 14.7. The molecular formula is C18H20FN5O5S. The van der Waals surface area contributed by atoms with Crippen LogP contribution >= 0.6 is 12.2 Å². The Balaban J connectivity index is 1.66. The number of hydrogen-bond acceptors (Lipinski definition) is 7. The average molecular weight is 437 g/mol. The summed E-state index contributed by atoms with van der Waals surface area (Å²) in [7, 11) is 3.31. The van der Waals surface area contributed by atoms with E-state index in [1.165, 1.54) is 29.2 Å². The van der Waals surface area contributed by atoms with E-state index >= 15 is 0 Å². The lowest BCUT2D eigenvalue weighted by atomic mass is 10.2. The smallest absolute Gasteiger partial charge is 0.433 e. The highest BCUT2D eigenvalue weighted by Crippen LogP contribution is 2.28. The fourth-order valence-corrected chi connectivity index (χ4v) is 3.06. The van der Waals surface area contributed by atoms with Gasteiger partial charge in [-0.05, 0) is 36.5 Å². The van der Waals surface area contributed by atoms with Gasteiger partial charge in [-0.25, -0.2) is 9.18 Å². The minimum Gasteiger partial charge on any atom is -0.442 e. The molecule has 10 nitrogen and oxygen atoms in total. The number of nitro groups is 1. The first-order valence-corrected chi connectivity index (χ1v) is 9.37. The van der Waals surface area contributed by atoms with Gasteiger partial charge >= 0.3 is 12.0 Å². The maximum absolute atomic E-state index is 14.7. The topological polar surface area (TPSA) is 113 Å². The van der Waals surface area contributed by atoms with E-state index in [1.807, 2.05) is 0 Å². The fraction of sp³-hybridized carbons (Fsp3) is 0.333. The number of benzene rings is 1. The van der Waals surface area contributed by atoms with Crippen molar-refractivity contribution < 1.29 is 23.3 Å². The van der Waals surface area contributed by atoms with E-state index < -0.39 is 22.9 Å². The van der Waals surface area contributed by atoms with Crippen LogP contribution in [0.4, 0.5) is 26.4 Å². The van der Waals surface area contributed by atoms with Crippen molar-refractivity contribution in [1.82, 2.24) is 10.6 Å². The highest BCUT2D eigenvalue weighted by Gasteiger charge is 2.32. The van der Waals surface area contributed by atoms with Crippen LogP contribution in [0, 0.1) is 15.9 Å². The number of hydrogen-bond donors (Lipinski definition) is 2. The van der Waals surface area contributed by atoms with Crippen LogP contribution in [-0.4, -0.2) is 49.4 Å². The second kappa shape index (κ2) is 8.95. The molecule has 0 bridgehead atoms. The number of anilines is 2. The Labute approximate surface area is 176 Å². The summed E-state index contributed by atoms with van der Waals surface area (Å²) in [5.74, 6) is -0.603. The van der Waals surface area contributed by atoms with Crippen LogP contribution in [0.15, 0.2) is 34.7 Å². The Bertz CT molecular complexity index is 968. The Morgan fingerprint density at radius 2 is 2.20 bits per heavy atom. The Morgan fingerprint density at radius 3 is 2.83 bits per heavy atom. The minimum absolute atomic E-state index is 0.134. The molecule has 1 saturated heterocycles. The normalized spacial score (nSPS) is 15.6. The number of thiocarbonyl (C=S) groups is 1. The molecule has 1 amide bonds. The lowest BCUT2D eigenvalue weighted by Crippen LogP contribution is -2.39. The van der Waals surface area contributed by atoms with Gasteiger partial charge in [0.1, 0.15) is 22.6 Å². The van der Waals surface area contributed by atoms with E-state index in [9.17, 15) is 19.3 Å². The molecule has 1 aromatic heterocycles. The molecule has 12 heteroatoms. The first-order valence-electron chi connectivity index (χ1n) is 8.96. The molecule has 1 unspecified atom stereocenters. The zero-order valence-electron chi connectivity index (χ0n) is 16.3. The molecule has 2 heterocycles. The Hall–Kier alpha value is -3.41. The predicted octanol–water partition coefficient (Wildman–Crippen LogP) is 2.38. The zero-order chi connectivity index (χ0) is 21.8. The Kier molecular flexibility index (Phi) is 6.35. The van der Waals surface area contributed by atoms with Crippen LogP contribution in [0.5, 0.6) is 0 Å². The van der Waals surface area contributed by atoms with Crippen LogP contribution in [0.25, 0.3) is 0 Å². The van der Waals surface area contributed by atoms with E-state index in [0.717, 1.165) is 0 Å². The number of cyclic esters (lactones) is 1. The highest BCUT2D eigenvalue weighted by molar-refractivity contribution is 7.80. The van der Waals surface area contributed by atoms with E-state index in [0.29, 0.717) is 23.1 Å². The summed E-state index contributed by atoms with van der Waals surface area (Å²) in [5.41, 5.74) is 0.616. The van der Waals surface area contributed by atoms with E-state index in [2.05, 4.69) is 10.6 Å². The molecule has 160 valence electrons. The average Bonchev–Trinajstić information content (AvgIpc) is 3.32. The van der Waals surface area contributed by atoms with E-state index in [-0.39, 0.29) is 24.7 Å². The highest BCUT2D eigenvalue weighted by atomic mass is 32.1. The summed E-state index contributed by atoms with van der Waals surface area (Å²) >= 11 is 4.99. The predicted molar refractivity (Wildman–Crippen MR) is 111 cm³/mol. The van der Waals surface area contributed by atoms with Gasteiger partial charge < -0.3 is 24.7 Å². The number of rotatable bonds is 7. The van der Waals surface area contributed by atoms with Crippen molar-refractivity contribution >= 4 is 40.7 Å². The second-order valence-electron chi connectivity index (χ2n) is 6.57. The Morgan fingerprint density at radius 1 is 1.43 bits per heavy atom. The van der Waals surface area contributed by atoms with Crippen molar-refractivity contribution in [1.29, 1.82) is 0 Å². The lowest BCUT2D eigenvalue weighted by Gasteiger charge is -2.20. The molecule has 1 aromatic carbocycles. The van der Waals surface area contributed by atoms with Gasteiger partial charge in [0.25, 0.3) is 0 Å². The summed E-state index contributed by atoms with van der Waals surface area (Å²) in [6.07, 6.45) is -0.996. The first kappa shape index (κ1) is 21.3. The number of carbonyl (C=O) groups excluding carboxylic acids is 1. The van der Waals surface area contributed by atoms with Crippen molar-refractivity contribution in [2.24, 2.45) is 0 Å². The summed E-state index contributed by atoms with van der Waals surface area (Å²) in [6, 6.07) is 7.09. The number of carbonyl (C=O) groups is 1. The van der Waals surface area contributed by atoms with Crippen molar-refractivity contribution in [2.45, 2.75) is 12.6 Å². The second-order valence-corrected chi connectivity index (χ2v) is 6.97. The zero-order valence-corrected chi connectivity index (χ0v) is 17.1. The molecule has 1 fully saturated rings. The maximum Gasteiger partial charge on any atom is 0.433 e. The molecule has 1 aliphatic heterocycles. The van der Waals surface area contributed by atoms with E-state index in [1.54, 1.807) is 25.1 Å². The van der Waals surface area contributed by atoms with Gasteiger partial charge in [0, 0.05) is 14.1 Å². The van der Waals surface area contributed by atoms with Gasteiger partial charge in [-0.1, -0.05) is 0 Å². The van der Waals surface area contributed by atoms with Crippen LogP contribution in [0.1, 0.15) is 5.76 Å². The van der Waals surface area contributed by atoms with Crippen molar-refractivity contribution in [3.8, 4) is 0 Å². The third-order valence-electron chi connectivity index (χ3n) is 4.47. The van der Waals surface area contributed by atoms with Gasteiger partial charge in [0.05, 0.1) is 37.1 Å². The fourth-order valence-electron chi connectivity index (χ4n) is 2.98. The van der Waals surface area contributed by atoms with Gasteiger partial charge in [0.2, 0.25) is 0 Å². The van der Waals surface area contributed by atoms with Crippen molar-refractivity contribution in [3.63, 3.8) is 0 Å². The number of nitrogens with zero attached hydrogens (tertiary/aromatic N) is 3. The molecule has 3 rings (SSSR count). The quantitative estimate of drug-likeness (QED) is 0.383. The molecule has 1 atom stereocenters. The molecule has 2 N–H and O–H groups in total. The number of nitrogens with one attached hydrogen (secondary N) is 2. The largest absolute Gasteiger partial charge is 0.442 e. The molecule has 0 aliphatic carbocycles. The third-order valence-corrected chi connectivity index (χ3v) is 4.81. The van der Waals surface area contributed by atoms with Crippen LogP contribution in [0.3, 0.4) is 0 Å². The standard InChI is InChI=1S/C18H20FN5O5S/c1-20-17(30)21-8-13-10-23(18(25)29-13)11-3-5-15(14(19)7-11)22(2)9-12-4-6-16(28-12)24(26)27/h3-7,13H,8-10H2,1-2H3,(H2,20,21,30). The van der Waals surface area contributed by atoms with Gasteiger partial charge in [-0.3, -0.25) is 15.0 Å². The van der Waals surface area contributed by atoms with Gasteiger partial charge in [-0.15, -0.1) is 0 Å². The first-order chi connectivity index (χ1) is 14.3. The monoisotopic (exact) mass is 437 g/mol. The molecule has 1 aliphatic rings. The van der Waals surface area contributed by atoms with Crippen molar-refractivity contribution in [2.75, 3.05) is 37.0 Å². The summed E-state index contributed by atoms with van der Waals surface area (Å²) in [6.45, 7) is 0.721. The molecule has 0 radical (unpaired) electrons. The van der Waals surface area contributed by atoms with Gasteiger partial charge in [-0.2, -0.15) is 0 Å². The number of halogens is 1. The lowest BCUT2D eigenvalue weighted by molar-refractivity contribution is -0.402. The summed E-state index contributed by atoms with van der Waals surface area (Å²) < 4.78 is 25.1. The van der Waals surface area contributed by atoms with Crippen molar-refractivity contribution in [3.05, 3.63) is 52.0 Å². The minimum atomic E-state index is -0.636. The van der Waals surface area contributed by atoms with Crippen LogP contribution in [0.2, 0.25) is 0 Å². The van der Waals surface area contributed by atoms with Crippen LogP contribution in [-0.2, 0) is 11.3 Å². The van der Waals surface area contributed by atoms with E-state index in [4.69, 9.17) is 21.4 Å². The number of furan rings is 1. The summed E-state index contributed by atoms with van der Waals surface area (Å²) in [4.78, 5) is 25.1. The number of ether oxygens (including phenoxy) is 1. The molecular weight excluding hydrogens is 417 g/mol. The molecule has 0 saturated carbocycles. The molecule has 2 aromatic rings. The summed E-state index contributed by atoms with van der Waals surface area (Å²) in [5, 5.41) is 16.8. The number of amides is 1. The molecule has 30 heavy (non-hydrogen) atoms. The SMILES string of the molecule is CNC(=S)NCC1CN(c2ccc(N(C)Cc3ccc([N+](=O)[O-])o3)c(F)c2)C(=O)O1.